The van der Waals surface area contributed by atoms with Crippen molar-refractivity contribution < 1.29 is 0 Å². The van der Waals surface area contributed by atoms with Gasteiger partial charge in [-0.1, -0.05) is 19.1 Å². The van der Waals surface area contributed by atoms with Crippen LogP contribution in [0, 0.1) is 11.3 Å². The molecular formula is C21H22BrN. The zero-order valence-corrected chi connectivity index (χ0v) is 15.1. The van der Waals surface area contributed by atoms with Crippen LogP contribution in [0.1, 0.15) is 62.0 Å². The lowest BCUT2D eigenvalue weighted by molar-refractivity contribution is 0.0766. The van der Waals surface area contributed by atoms with Gasteiger partial charge in [-0.25, -0.2) is 0 Å². The van der Waals surface area contributed by atoms with Crippen molar-refractivity contribution in [1.29, 1.82) is 0 Å². The Bertz CT molecular complexity index is 766. The average Bonchev–Trinajstić information content (AvgIpc) is 2.67. The van der Waals surface area contributed by atoms with Crippen LogP contribution in [0.15, 0.2) is 41.0 Å². The molecule has 2 aromatic rings. The minimum atomic E-state index is 0.589. The molecule has 0 saturated heterocycles. The van der Waals surface area contributed by atoms with Crippen molar-refractivity contribution in [3.05, 3.63) is 52.1 Å². The van der Waals surface area contributed by atoms with Crippen LogP contribution in [0.5, 0.6) is 0 Å². The largest absolute Gasteiger partial charge is 0.255 e. The number of aromatic nitrogens is 1. The lowest BCUT2D eigenvalue weighted by Crippen LogP contribution is -2.34. The number of pyridine rings is 1. The summed E-state index contributed by atoms with van der Waals surface area (Å²) in [7, 11) is 0. The van der Waals surface area contributed by atoms with Crippen LogP contribution >= 0.6 is 15.9 Å². The SMILES string of the molecule is CC12CC3CC(C1)c1ccc(-c4ccc(Br)cn4)cc1C(C3)C2. The van der Waals surface area contributed by atoms with Gasteiger partial charge in [-0.05, 0) is 101 Å². The fourth-order valence-electron chi connectivity index (χ4n) is 5.85. The highest BCUT2D eigenvalue weighted by atomic mass is 79.9. The van der Waals surface area contributed by atoms with E-state index < -0.39 is 0 Å². The summed E-state index contributed by atoms with van der Waals surface area (Å²) in [6.07, 6.45) is 9.00. The first-order valence-electron chi connectivity index (χ1n) is 8.85. The molecule has 4 aliphatic carbocycles. The fraction of sp³-hybridized carbons (Fsp3) is 0.476. The van der Waals surface area contributed by atoms with Crippen LogP contribution in [-0.2, 0) is 0 Å². The molecule has 0 spiro atoms. The van der Waals surface area contributed by atoms with Gasteiger partial charge in [0.1, 0.15) is 0 Å². The summed E-state index contributed by atoms with van der Waals surface area (Å²) in [4.78, 5) is 4.60. The van der Waals surface area contributed by atoms with Gasteiger partial charge in [0, 0.05) is 16.2 Å². The van der Waals surface area contributed by atoms with Crippen molar-refractivity contribution in [3.63, 3.8) is 0 Å². The van der Waals surface area contributed by atoms with Crippen LogP contribution in [-0.4, -0.2) is 4.98 Å². The number of halogens is 1. The molecule has 2 heteroatoms. The summed E-state index contributed by atoms with van der Waals surface area (Å²) in [5.41, 5.74) is 6.25. The molecule has 4 bridgehead atoms. The van der Waals surface area contributed by atoms with Crippen LogP contribution in [0.2, 0.25) is 0 Å². The van der Waals surface area contributed by atoms with Crippen molar-refractivity contribution in [1.82, 2.24) is 4.98 Å². The molecule has 0 amide bonds. The number of nitrogens with zero attached hydrogens (tertiary/aromatic N) is 1. The van der Waals surface area contributed by atoms with Gasteiger partial charge in [-0.15, -0.1) is 0 Å². The number of hydrogen-bond acceptors (Lipinski definition) is 1. The van der Waals surface area contributed by atoms with E-state index in [2.05, 4.69) is 58.2 Å². The van der Waals surface area contributed by atoms with E-state index in [0.29, 0.717) is 5.41 Å². The van der Waals surface area contributed by atoms with Crippen LogP contribution < -0.4 is 0 Å². The van der Waals surface area contributed by atoms with Gasteiger partial charge in [0.2, 0.25) is 0 Å². The van der Waals surface area contributed by atoms with Crippen molar-refractivity contribution >= 4 is 15.9 Å². The lowest BCUT2D eigenvalue weighted by atomic mass is 9.59. The predicted octanol–water partition coefficient (Wildman–Crippen LogP) is 6.29. The Hall–Kier alpha value is -1.15. The highest BCUT2D eigenvalue weighted by Crippen LogP contribution is 2.61. The van der Waals surface area contributed by atoms with E-state index in [1.807, 2.05) is 6.20 Å². The van der Waals surface area contributed by atoms with E-state index >= 15 is 0 Å². The summed E-state index contributed by atoms with van der Waals surface area (Å²) >= 11 is 3.48. The second-order valence-corrected chi connectivity index (χ2v) is 9.28. The molecule has 0 radical (unpaired) electrons. The third-order valence-electron chi connectivity index (χ3n) is 6.49. The molecule has 1 aromatic heterocycles. The van der Waals surface area contributed by atoms with Gasteiger partial charge >= 0.3 is 0 Å². The zero-order valence-electron chi connectivity index (χ0n) is 13.6. The molecule has 4 aliphatic rings. The Balaban J connectivity index is 1.62. The highest BCUT2D eigenvalue weighted by molar-refractivity contribution is 9.10. The molecule has 2 saturated carbocycles. The number of benzene rings is 1. The third kappa shape index (κ3) is 2.29. The zero-order chi connectivity index (χ0) is 15.6. The average molecular weight is 368 g/mol. The minimum Gasteiger partial charge on any atom is -0.255 e. The van der Waals surface area contributed by atoms with Gasteiger partial charge in [0.25, 0.3) is 0 Å². The Morgan fingerprint density at radius 1 is 1.00 bits per heavy atom. The third-order valence-corrected chi connectivity index (χ3v) is 6.95. The topological polar surface area (TPSA) is 12.9 Å². The minimum absolute atomic E-state index is 0.589. The first kappa shape index (κ1) is 14.2. The smallest absolute Gasteiger partial charge is 0.0702 e. The van der Waals surface area contributed by atoms with E-state index in [1.54, 1.807) is 11.1 Å². The Morgan fingerprint density at radius 3 is 2.48 bits per heavy atom. The molecule has 0 aliphatic heterocycles. The van der Waals surface area contributed by atoms with E-state index in [9.17, 15) is 0 Å². The first-order chi connectivity index (χ1) is 11.1. The standard InChI is InChI=1S/C21H22BrN/c1-21-9-13-6-15(10-21)18-4-2-14(8-19(18)16(7-13)11-21)20-5-3-17(22)12-23-20/h2-5,8,12-13,15-16H,6-7,9-11H2,1H3. The number of hydrogen-bond donors (Lipinski definition) is 0. The summed E-state index contributed by atoms with van der Waals surface area (Å²) in [5, 5.41) is 0. The first-order valence-corrected chi connectivity index (χ1v) is 9.65. The molecule has 23 heavy (non-hydrogen) atoms. The Kier molecular flexibility index (Phi) is 3.04. The van der Waals surface area contributed by atoms with Crippen LogP contribution in [0.4, 0.5) is 0 Å². The maximum atomic E-state index is 4.60. The molecule has 118 valence electrons. The molecular weight excluding hydrogens is 346 g/mol. The summed E-state index contributed by atoms with van der Waals surface area (Å²) in [6, 6.07) is 11.4. The predicted molar refractivity (Wildman–Crippen MR) is 97.5 cm³/mol. The number of rotatable bonds is 1. The van der Waals surface area contributed by atoms with Crippen molar-refractivity contribution in [2.45, 2.75) is 50.9 Å². The van der Waals surface area contributed by atoms with E-state index in [4.69, 9.17) is 0 Å². The molecule has 1 aromatic carbocycles. The Labute approximate surface area is 146 Å². The molecule has 2 fully saturated rings. The summed E-state index contributed by atoms with van der Waals surface area (Å²) < 4.78 is 1.04. The maximum Gasteiger partial charge on any atom is 0.0702 e. The lowest BCUT2D eigenvalue weighted by Gasteiger charge is -2.46. The maximum absolute atomic E-state index is 4.60. The molecule has 0 N–H and O–H groups in total. The van der Waals surface area contributed by atoms with Gasteiger partial charge in [-0.2, -0.15) is 0 Å². The Morgan fingerprint density at radius 2 is 1.78 bits per heavy atom. The fourth-order valence-corrected chi connectivity index (χ4v) is 6.09. The molecule has 4 atom stereocenters. The van der Waals surface area contributed by atoms with Crippen LogP contribution in [0.25, 0.3) is 11.3 Å². The van der Waals surface area contributed by atoms with E-state index in [1.165, 1.54) is 37.7 Å². The van der Waals surface area contributed by atoms with Crippen molar-refractivity contribution in [3.8, 4) is 11.3 Å². The molecule has 1 heterocycles. The van der Waals surface area contributed by atoms with E-state index in [-0.39, 0.29) is 0 Å². The normalized spacial score (nSPS) is 34.3. The second-order valence-electron chi connectivity index (χ2n) is 8.36. The molecule has 4 unspecified atom stereocenters. The van der Waals surface area contributed by atoms with Gasteiger partial charge < -0.3 is 0 Å². The van der Waals surface area contributed by atoms with E-state index in [0.717, 1.165) is 27.9 Å². The van der Waals surface area contributed by atoms with Crippen molar-refractivity contribution in [2.75, 3.05) is 0 Å². The van der Waals surface area contributed by atoms with Gasteiger partial charge in [-0.3, -0.25) is 4.98 Å². The monoisotopic (exact) mass is 367 g/mol. The molecule has 6 rings (SSSR count). The van der Waals surface area contributed by atoms with Gasteiger partial charge in [0.05, 0.1) is 5.69 Å². The van der Waals surface area contributed by atoms with Gasteiger partial charge in [0.15, 0.2) is 0 Å². The highest BCUT2D eigenvalue weighted by Gasteiger charge is 2.47. The summed E-state index contributed by atoms with van der Waals surface area (Å²) in [5.74, 6) is 2.53. The molecule has 1 nitrogen and oxygen atoms in total. The van der Waals surface area contributed by atoms with Crippen molar-refractivity contribution in [2.24, 2.45) is 11.3 Å². The van der Waals surface area contributed by atoms with Crippen LogP contribution in [0.3, 0.4) is 0 Å². The second kappa shape index (κ2) is 4.92. The summed E-state index contributed by atoms with van der Waals surface area (Å²) in [6.45, 7) is 2.54. The quantitative estimate of drug-likeness (QED) is 0.576.